The van der Waals surface area contributed by atoms with Crippen molar-refractivity contribution in [3.8, 4) is 0 Å². The van der Waals surface area contributed by atoms with Gasteiger partial charge in [0.2, 0.25) is 0 Å². The standard InChI is InChI=1S/C15H23FN4/c1-3-13-14(16)15(18-9-17-13)19-10-7-11-5-4-6-12(8-10)20(11)2/h9-12H,3-8H2,1-2H3,(H,17,18,19). The maximum absolute atomic E-state index is 14.2. The molecular weight excluding hydrogens is 255 g/mol. The fraction of sp³-hybridized carbons (Fsp3) is 0.733. The van der Waals surface area contributed by atoms with Gasteiger partial charge in [0.25, 0.3) is 0 Å². The molecule has 2 atom stereocenters. The highest BCUT2D eigenvalue weighted by atomic mass is 19.1. The first-order valence-electron chi connectivity index (χ1n) is 7.67. The van der Waals surface area contributed by atoms with E-state index in [2.05, 4.69) is 27.2 Å². The number of nitrogens with zero attached hydrogens (tertiary/aromatic N) is 3. The van der Waals surface area contributed by atoms with E-state index in [1.54, 1.807) is 0 Å². The van der Waals surface area contributed by atoms with Crippen molar-refractivity contribution in [1.29, 1.82) is 0 Å². The monoisotopic (exact) mass is 278 g/mol. The molecule has 2 saturated heterocycles. The second kappa shape index (κ2) is 5.64. The van der Waals surface area contributed by atoms with Crippen molar-refractivity contribution < 1.29 is 4.39 Å². The van der Waals surface area contributed by atoms with E-state index in [0.29, 0.717) is 36.1 Å². The van der Waals surface area contributed by atoms with Crippen molar-refractivity contribution in [2.75, 3.05) is 12.4 Å². The molecule has 0 saturated carbocycles. The summed E-state index contributed by atoms with van der Waals surface area (Å²) in [6.07, 6.45) is 8.07. The third kappa shape index (κ3) is 2.51. The number of piperidine rings is 2. The van der Waals surface area contributed by atoms with Crippen molar-refractivity contribution in [2.24, 2.45) is 0 Å². The minimum Gasteiger partial charge on any atom is -0.365 e. The number of fused-ring (bicyclic) bond motifs is 2. The number of halogens is 1. The summed E-state index contributed by atoms with van der Waals surface area (Å²) in [5.74, 6) is 0.101. The van der Waals surface area contributed by atoms with Gasteiger partial charge in [0.15, 0.2) is 11.6 Å². The van der Waals surface area contributed by atoms with Gasteiger partial charge in [0.05, 0.1) is 5.69 Å². The number of nitrogens with one attached hydrogen (secondary N) is 1. The van der Waals surface area contributed by atoms with Crippen LogP contribution in [0.25, 0.3) is 0 Å². The SMILES string of the molecule is CCc1ncnc(NC2CC3CCCC(C2)N3C)c1F. The highest BCUT2D eigenvalue weighted by molar-refractivity contribution is 5.38. The molecule has 0 spiro atoms. The van der Waals surface area contributed by atoms with Crippen LogP contribution in [0.2, 0.25) is 0 Å². The molecule has 4 nitrogen and oxygen atoms in total. The summed E-state index contributed by atoms with van der Waals surface area (Å²) in [4.78, 5) is 10.6. The first kappa shape index (κ1) is 13.7. The van der Waals surface area contributed by atoms with Crippen LogP contribution in [-0.2, 0) is 6.42 Å². The Morgan fingerprint density at radius 2 is 2.00 bits per heavy atom. The Morgan fingerprint density at radius 1 is 1.30 bits per heavy atom. The first-order valence-corrected chi connectivity index (χ1v) is 7.67. The summed E-state index contributed by atoms with van der Waals surface area (Å²) in [7, 11) is 2.23. The van der Waals surface area contributed by atoms with Crippen molar-refractivity contribution in [2.45, 2.75) is 63.6 Å². The van der Waals surface area contributed by atoms with Crippen LogP contribution in [0.4, 0.5) is 10.2 Å². The lowest BCUT2D eigenvalue weighted by molar-refractivity contribution is 0.0607. The minimum absolute atomic E-state index is 0.279. The summed E-state index contributed by atoms with van der Waals surface area (Å²) in [6, 6.07) is 1.60. The lowest BCUT2D eigenvalue weighted by atomic mass is 9.82. The Hall–Kier alpha value is -1.23. The molecule has 5 heteroatoms. The molecule has 1 N–H and O–H groups in total. The zero-order valence-electron chi connectivity index (χ0n) is 12.3. The van der Waals surface area contributed by atoms with Crippen LogP contribution < -0.4 is 5.32 Å². The Labute approximate surface area is 119 Å². The van der Waals surface area contributed by atoms with E-state index in [0.717, 1.165) is 12.8 Å². The molecule has 0 radical (unpaired) electrons. The summed E-state index contributed by atoms with van der Waals surface area (Å²) in [6.45, 7) is 1.91. The predicted octanol–water partition coefficient (Wildman–Crippen LogP) is 2.61. The number of hydrogen-bond donors (Lipinski definition) is 1. The zero-order chi connectivity index (χ0) is 14.1. The number of rotatable bonds is 3. The topological polar surface area (TPSA) is 41.1 Å². The summed E-state index contributed by atoms with van der Waals surface area (Å²) in [5, 5.41) is 3.32. The highest BCUT2D eigenvalue weighted by Gasteiger charge is 2.36. The third-order valence-electron chi connectivity index (χ3n) is 4.88. The Morgan fingerprint density at radius 3 is 2.65 bits per heavy atom. The molecule has 2 fully saturated rings. The second-order valence-electron chi connectivity index (χ2n) is 6.05. The molecule has 0 aromatic carbocycles. The van der Waals surface area contributed by atoms with Gasteiger partial charge < -0.3 is 10.2 Å². The van der Waals surface area contributed by atoms with Crippen molar-refractivity contribution >= 4 is 5.82 Å². The summed E-state index contributed by atoms with van der Waals surface area (Å²) < 4.78 is 14.2. The number of aromatic nitrogens is 2. The molecule has 2 aliphatic heterocycles. The molecule has 20 heavy (non-hydrogen) atoms. The molecule has 3 heterocycles. The molecule has 2 aliphatic rings. The van der Waals surface area contributed by atoms with Gasteiger partial charge >= 0.3 is 0 Å². The van der Waals surface area contributed by atoms with Crippen LogP contribution in [0.3, 0.4) is 0 Å². The van der Waals surface area contributed by atoms with Crippen molar-refractivity contribution in [1.82, 2.24) is 14.9 Å². The van der Waals surface area contributed by atoms with Crippen molar-refractivity contribution in [3.63, 3.8) is 0 Å². The van der Waals surface area contributed by atoms with Crippen LogP contribution in [0.5, 0.6) is 0 Å². The van der Waals surface area contributed by atoms with Crippen LogP contribution in [-0.4, -0.2) is 40.0 Å². The largest absolute Gasteiger partial charge is 0.365 e. The minimum atomic E-state index is -0.279. The van der Waals surface area contributed by atoms with Gasteiger partial charge in [0, 0.05) is 18.1 Å². The quantitative estimate of drug-likeness (QED) is 0.922. The van der Waals surface area contributed by atoms with Crippen LogP contribution >= 0.6 is 0 Å². The maximum atomic E-state index is 14.2. The van der Waals surface area contributed by atoms with Gasteiger partial charge in [-0.1, -0.05) is 13.3 Å². The van der Waals surface area contributed by atoms with E-state index < -0.39 is 0 Å². The van der Waals surface area contributed by atoms with E-state index in [-0.39, 0.29) is 5.82 Å². The number of hydrogen-bond acceptors (Lipinski definition) is 4. The van der Waals surface area contributed by atoms with Gasteiger partial charge in [-0.25, -0.2) is 14.4 Å². The molecule has 3 rings (SSSR count). The Balaban J connectivity index is 1.73. The van der Waals surface area contributed by atoms with Crippen LogP contribution in [0, 0.1) is 5.82 Å². The van der Waals surface area contributed by atoms with E-state index in [4.69, 9.17) is 0 Å². The average molecular weight is 278 g/mol. The van der Waals surface area contributed by atoms with E-state index in [1.165, 1.54) is 25.6 Å². The lowest BCUT2D eigenvalue weighted by Crippen LogP contribution is -2.52. The molecule has 1 aromatic rings. The highest BCUT2D eigenvalue weighted by Crippen LogP contribution is 2.34. The summed E-state index contributed by atoms with van der Waals surface area (Å²) >= 11 is 0. The maximum Gasteiger partial charge on any atom is 0.186 e. The summed E-state index contributed by atoms with van der Waals surface area (Å²) in [5.41, 5.74) is 0.496. The lowest BCUT2D eigenvalue weighted by Gasteiger charge is -2.47. The first-order chi connectivity index (χ1) is 9.69. The Bertz CT molecular complexity index is 465. The Kier molecular flexibility index (Phi) is 3.87. The van der Waals surface area contributed by atoms with E-state index in [1.807, 2.05) is 6.92 Å². The second-order valence-corrected chi connectivity index (χ2v) is 6.05. The third-order valence-corrected chi connectivity index (χ3v) is 4.88. The van der Waals surface area contributed by atoms with Gasteiger partial charge in [-0.3, -0.25) is 0 Å². The molecule has 110 valence electrons. The van der Waals surface area contributed by atoms with Gasteiger partial charge in [-0.2, -0.15) is 0 Å². The fourth-order valence-corrected chi connectivity index (χ4v) is 3.68. The van der Waals surface area contributed by atoms with E-state index >= 15 is 0 Å². The van der Waals surface area contributed by atoms with Gasteiger partial charge in [-0.15, -0.1) is 0 Å². The molecule has 2 unspecified atom stereocenters. The number of aryl methyl sites for hydroxylation is 1. The van der Waals surface area contributed by atoms with Gasteiger partial charge in [-0.05, 0) is 39.2 Å². The molecule has 0 aliphatic carbocycles. The van der Waals surface area contributed by atoms with E-state index in [9.17, 15) is 4.39 Å². The van der Waals surface area contributed by atoms with Gasteiger partial charge in [0.1, 0.15) is 6.33 Å². The zero-order valence-corrected chi connectivity index (χ0v) is 12.3. The smallest absolute Gasteiger partial charge is 0.186 e. The molecular formula is C15H23FN4. The van der Waals surface area contributed by atoms with Crippen molar-refractivity contribution in [3.05, 3.63) is 17.8 Å². The average Bonchev–Trinajstić information content (AvgIpc) is 2.42. The number of anilines is 1. The molecule has 1 aromatic heterocycles. The fourth-order valence-electron chi connectivity index (χ4n) is 3.68. The molecule has 2 bridgehead atoms. The normalized spacial score (nSPS) is 30.2. The van der Waals surface area contributed by atoms with Crippen LogP contribution in [0.1, 0.15) is 44.7 Å². The predicted molar refractivity (Wildman–Crippen MR) is 77.2 cm³/mol. The van der Waals surface area contributed by atoms with Crippen LogP contribution in [0.15, 0.2) is 6.33 Å². The molecule has 0 amide bonds.